The van der Waals surface area contributed by atoms with Crippen LogP contribution in [-0.2, 0) is 25.9 Å². The van der Waals surface area contributed by atoms with Gasteiger partial charge in [0.2, 0.25) is 0 Å². The Morgan fingerprint density at radius 3 is 3.00 bits per heavy atom. The molecule has 1 aromatic heterocycles. The molecular weight excluding hydrogens is 222 g/mol. The van der Waals surface area contributed by atoms with Gasteiger partial charge in [0.15, 0.2) is 0 Å². The van der Waals surface area contributed by atoms with E-state index in [0.29, 0.717) is 0 Å². The van der Waals surface area contributed by atoms with E-state index in [0.717, 1.165) is 13.1 Å². The van der Waals surface area contributed by atoms with Crippen LogP contribution < -0.4 is 5.32 Å². The van der Waals surface area contributed by atoms with Crippen LogP contribution in [0.5, 0.6) is 0 Å². The van der Waals surface area contributed by atoms with Crippen molar-refractivity contribution in [2.75, 3.05) is 7.05 Å². The molecule has 0 unspecified atom stereocenters. The molecule has 0 amide bonds. The van der Waals surface area contributed by atoms with E-state index in [1.54, 1.807) is 0 Å². The maximum Gasteiger partial charge on any atom is 0.0659 e. The fourth-order valence-corrected chi connectivity index (χ4v) is 2.70. The molecule has 0 aliphatic heterocycles. The van der Waals surface area contributed by atoms with Crippen LogP contribution in [0.2, 0.25) is 0 Å². The van der Waals surface area contributed by atoms with Crippen molar-refractivity contribution in [3.8, 4) is 0 Å². The van der Waals surface area contributed by atoms with Crippen LogP contribution >= 0.6 is 0 Å². The smallest absolute Gasteiger partial charge is 0.0659 e. The van der Waals surface area contributed by atoms with Crippen molar-refractivity contribution in [3.05, 3.63) is 52.8 Å². The summed E-state index contributed by atoms with van der Waals surface area (Å²) in [6.45, 7) is 1.75. The fourth-order valence-electron chi connectivity index (χ4n) is 2.70. The first-order chi connectivity index (χ1) is 8.85. The van der Waals surface area contributed by atoms with E-state index in [2.05, 4.69) is 34.8 Å². The van der Waals surface area contributed by atoms with Gasteiger partial charge in [-0.05, 0) is 43.0 Å². The summed E-state index contributed by atoms with van der Waals surface area (Å²) in [5, 5.41) is 7.54. The van der Waals surface area contributed by atoms with Crippen molar-refractivity contribution in [2.45, 2.75) is 32.4 Å². The van der Waals surface area contributed by atoms with Crippen LogP contribution in [0.1, 0.15) is 28.7 Å². The molecule has 0 radical (unpaired) electrons. The Morgan fingerprint density at radius 1 is 1.22 bits per heavy atom. The van der Waals surface area contributed by atoms with Crippen LogP contribution in [0.15, 0.2) is 30.6 Å². The van der Waals surface area contributed by atoms with E-state index in [-0.39, 0.29) is 0 Å². The van der Waals surface area contributed by atoms with Crippen LogP contribution in [0.25, 0.3) is 0 Å². The Kier molecular flexibility index (Phi) is 3.15. The molecule has 0 fully saturated rings. The molecule has 1 N–H and O–H groups in total. The number of nitrogens with zero attached hydrogens (tertiary/aromatic N) is 2. The lowest BCUT2D eigenvalue weighted by Crippen LogP contribution is -2.04. The minimum atomic E-state index is 0.872. The molecule has 0 bridgehead atoms. The summed E-state index contributed by atoms with van der Waals surface area (Å²) in [4.78, 5) is 0. The Bertz CT molecular complexity index is 542. The summed E-state index contributed by atoms with van der Waals surface area (Å²) < 4.78 is 2.02. The number of aryl methyl sites for hydroxylation is 2. The number of fused-ring (bicyclic) bond motifs is 1. The number of hydrogen-bond acceptors (Lipinski definition) is 2. The van der Waals surface area contributed by atoms with Crippen molar-refractivity contribution >= 4 is 0 Å². The van der Waals surface area contributed by atoms with Gasteiger partial charge in [-0.3, -0.25) is 4.68 Å². The molecule has 3 heteroatoms. The predicted octanol–water partition coefficient (Wildman–Crippen LogP) is 2.14. The first-order valence-corrected chi connectivity index (χ1v) is 6.62. The van der Waals surface area contributed by atoms with Gasteiger partial charge in [0.25, 0.3) is 0 Å². The monoisotopic (exact) mass is 241 g/mol. The third-order valence-corrected chi connectivity index (χ3v) is 3.58. The lowest BCUT2D eigenvalue weighted by atomic mass is 10.1. The minimum Gasteiger partial charge on any atom is -0.316 e. The standard InChI is InChI=1S/C15H19N3/c1-16-8-13-9-17-18(11-13)10-12-5-6-14-3-2-4-15(14)7-12/h5-7,9,11,16H,2-4,8,10H2,1H3. The summed E-state index contributed by atoms with van der Waals surface area (Å²) in [6.07, 6.45) is 7.86. The zero-order valence-electron chi connectivity index (χ0n) is 10.8. The Hall–Kier alpha value is -1.61. The second-order valence-corrected chi connectivity index (χ2v) is 5.03. The fraction of sp³-hybridized carbons (Fsp3) is 0.400. The molecular formula is C15H19N3. The van der Waals surface area contributed by atoms with E-state index in [1.807, 2.05) is 17.9 Å². The van der Waals surface area contributed by atoms with E-state index >= 15 is 0 Å². The van der Waals surface area contributed by atoms with Gasteiger partial charge in [-0.2, -0.15) is 5.10 Å². The van der Waals surface area contributed by atoms with Crippen molar-refractivity contribution in [1.29, 1.82) is 0 Å². The highest BCUT2D eigenvalue weighted by molar-refractivity contribution is 5.35. The van der Waals surface area contributed by atoms with Gasteiger partial charge in [-0.1, -0.05) is 18.2 Å². The number of benzene rings is 1. The van der Waals surface area contributed by atoms with Crippen molar-refractivity contribution in [1.82, 2.24) is 15.1 Å². The Balaban J connectivity index is 1.75. The van der Waals surface area contributed by atoms with Crippen molar-refractivity contribution in [3.63, 3.8) is 0 Å². The predicted molar refractivity (Wildman–Crippen MR) is 72.6 cm³/mol. The zero-order chi connectivity index (χ0) is 12.4. The lowest BCUT2D eigenvalue weighted by molar-refractivity contribution is 0.684. The van der Waals surface area contributed by atoms with Gasteiger partial charge >= 0.3 is 0 Å². The SMILES string of the molecule is CNCc1cnn(Cc2ccc3c(c2)CCC3)c1. The molecule has 1 heterocycles. The van der Waals surface area contributed by atoms with Crippen LogP contribution in [0.4, 0.5) is 0 Å². The minimum absolute atomic E-state index is 0.872. The summed E-state index contributed by atoms with van der Waals surface area (Å²) in [6, 6.07) is 6.88. The Morgan fingerprint density at radius 2 is 2.11 bits per heavy atom. The molecule has 3 rings (SSSR count). The van der Waals surface area contributed by atoms with Gasteiger partial charge in [-0.15, -0.1) is 0 Å². The third-order valence-electron chi connectivity index (χ3n) is 3.58. The highest BCUT2D eigenvalue weighted by atomic mass is 15.3. The van der Waals surface area contributed by atoms with Crippen LogP contribution in [-0.4, -0.2) is 16.8 Å². The van der Waals surface area contributed by atoms with E-state index in [1.165, 1.54) is 41.5 Å². The van der Waals surface area contributed by atoms with Crippen LogP contribution in [0, 0.1) is 0 Å². The van der Waals surface area contributed by atoms with Gasteiger partial charge in [0.1, 0.15) is 0 Å². The summed E-state index contributed by atoms with van der Waals surface area (Å²) in [5.74, 6) is 0. The van der Waals surface area contributed by atoms with Gasteiger partial charge < -0.3 is 5.32 Å². The first kappa shape index (κ1) is 11.5. The normalized spacial score (nSPS) is 13.8. The third kappa shape index (κ3) is 2.31. The molecule has 2 aromatic rings. The molecule has 3 nitrogen and oxygen atoms in total. The second kappa shape index (κ2) is 4.94. The average Bonchev–Trinajstić information content (AvgIpc) is 2.98. The number of nitrogens with one attached hydrogen (secondary N) is 1. The molecule has 1 aromatic carbocycles. The van der Waals surface area contributed by atoms with Gasteiger partial charge in [0.05, 0.1) is 12.7 Å². The van der Waals surface area contributed by atoms with Gasteiger partial charge in [0, 0.05) is 18.3 Å². The second-order valence-electron chi connectivity index (χ2n) is 5.03. The summed E-state index contributed by atoms with van der Waals surface area (Å²) >= 11 is 0. The number of aromatic nitrogens is 2. The maximum atomic E-state index is 4.40. The summed E-state index contributed by atoms with van der Waals surface area (Å²) in [5.41, 5.74) is 5.67. The summed E-state index contributed by atoms with van der Waals surface area (Å²) in [7, 11) is 1.96. The van der Waals surface area contributed by atoms with Gasteiger partial charge in [-0.25, -0.2) is 0 Å². The van der Waals surface area contributed by atoms with Crippen LogP contribution in [0.3, 0.4) is 0 Å². The Labute approximate surface area is 108 Å². The van der Waals surface area contributed by atoms with Crippen molar-refractivity contribution < 1.29 is 0 Å². The highest BCUT2D eigenvalue weighted by Gasteiger charge is 2.10. The van der Waals surface area contributed by atoms with E-state index in [9.17, 15) is 0 Å². The maximum absolute atomic E-state index is 4.40. The largest absolute Gasteiger partial charge is 0.316 e. The van der Waals surface area contributed by atoms with E-state index in [4.69, 9.17) is 0 Å². The molecule has 0 atom stereocenters. The molecule has 0 spiro atoms. The first-order valence-electron chi connectivity index (χ1n) is 6.62. The molecule has 94 valence electrons. The molecule has 1 aliphatic carbocycles. The van der Waals surface area contributed by atoms with Crippen molar-refractivity contribution in [2.24, 2.45) is 0 Å². The zero-order valence-corrected chi connectivity index (χ0v) is 10.8. The molecule has 0 saturated heterocycles. The number of rotatable bonds is 4. The molecule has 1 aliphatic rings. The molecule has 18 heavy (non-hydrogen) atoms. The topological polar surface area (TPSA) is 29.9 Å². The lowest BCUT2D eigenvalue weighted by Gasteiger charge is -2.05. The molecule has 0 saturated carbocycles. The number of hydrogen-bond donors (Lipinski definition) is 1. The van der Waals surface area contributed by atoms with E-state index < -0.39 is 0 Å². The highest BCUT2D eigenvalue weighted by Crippen LogP contribution is 2.23. The average molecular weight is 241 g/mol. The quantitative estimate of drug-likeness (QED) is 0.888.